The lowest BCUT2D eigenvalue weighted by Gasteiger charge is -1.98. The number of nitro benzene ring substituents is 2. The first-order valence-electron chi connectivity index (χ1n) is 7.52. The number of nitrogens with zero attached hydrogens (tertiary/aromatic N) is 4. The quantitative estimate of drug-likeness (QED) is 0.327. The van der Waals surface area contributed by atoms with Crippen molar-refractivity contribution in [3.63, 3.8) is 0 Å². The lowest BCUT2D eigenvalue weighted by Crippen LogP contribution is -2.35. The van der Waals surface area contributed by atoms with Gasteiger partial charge in [0.05, 0.1) is 22.3 Å². The van der Waals surface area contributed by atoms with Crippen LogP contribution in [0.15, 0.2) is 58.7 Å². The SMILES string of the molecule is O=C(N/N=C/c1cccc([N+](=O)[O-])c1)C(=O)N/N=C/c1cccc([N+](=O)[O-])c1. The molecule has 0 saturated carbocycles. The van der Waals surface area contributed by atoms with E-state index in [2.05, 4.69) is 10.2 Å². The summed E-state index contributed by atoms with van der Waals surface area (Å²) in [5.74, 6) is -2.25. The summed E-state index contributed by atoms with van der Waals surface area (Å²) < 4.78 is 0. The second-order valence-corrected chi connectivity index (χ2v) is 5.10. The summed E-state index contributed by atoms with van der Waals surface area (Å²) in [5.41, 5.74) is 4.27. The summed E-state index contributed by atoms with van der Waals surface area (Å²) in [6.07, 6.45) is 2.26. The number of nitro groups is 2. The van der Waals surface area contributed by atoms with Crippen LogP contribution in [-0.4, -0.2) is 34.1 Å². The van der Waals surface area contributed by atoms with Crippen LogP contribution in [0.2, 0.25) is 0 Å². The van der Waals surface area contributed by atoms with E-state index in [0.29, 0.717) is 11.1 Å². The topological polar surface area (TPSA) is 169 Å². The molecule has 0 unspecified atom stereocenters. The van der Waals surface area contributed by atoms with Gasteiger partial charge in [0.2, 0.25) is 0 Å². The molecule has 0 aliphatic carbocycles. The standard InChI is InChI=1S/C16H12N6O6/c23-15(19-17-9-11-3-1-5-13(7-11)21(25)26)16(24)20-18-10-12-4-2-6-14(8-12)22(27)28/h1-10H,(H,19,23)(H,20,24)/b17-9+,18-10+. The molecule has 0 aliphatic heterocycles. The van der Waals surface area contributed by atoms with Gasteiger partial charge in [0.25, 0.3) is 11.4 Å². The fourth-order valence-electron chi connectivity index (χ4n) is 1.87. The van der Waals surface area contributed by atoms with Crippen LogP contribution >= 0.6 is 0 Å². The Morgan fingerprint density at radius 2 is 1.18 bits per heavy atom. The number of hydrogen-bond donors (Lipinski definition) is 2. The molecule has 2 amide bonds. The molecule has 0 bridgehead atoms. The first-order chi connectivity index (χ1) is 13.4. The highest BCUT2D eigenvalue weighted by Gasteiger charge is 2.11. The Hall–Kier alpha value is -4.48. The van der Waals surface area contributed by atoms with Crippen molar-refractivity contribution in [3.8, 4) is 0 Å². The third-order valence-electron chi connectivity index (χ3n) is 3.13. The predicted molar refractivity (Wildman–Crippen MR) is 97.7 cm³/mol. The van der Waals surface area contributed by atoms with Gasteiger partial charge in [-0.2, -0.15) is 10.2 Å². The molecule has 28 heavy (non-hydrogen) atoms. The summed E-state index contributed by atoms with van der Waals surface area (Å²) in [6, 6.07) is 11.0. The van der Waals surface area contributed by atoms with Crippen molar-refractivity contribution in [1.82, 2.24) is 10.9 Å². The van der Waals surface area contributed by atoms with Gasteiger partial charge in [0, 0.05) is 35.4 Å². The summed E-state index contributed by atoms with van der Waals surface area (Å²) in [7, 11) is 0. The first-order valence-corrected chi connectivity index (χ1v) is 7.52. The molecule has 142 valence electrons. The van der Waals surface area contributed by atoms with Gasteiger partial charge in [-0.3, -0.25) is 29.8 Å². The van der Waals surface area contributed by atoms with Crippen molar-refractivity contribution in [2.75, 3.05) is 0 Å². The average Bonchev–Trinajstić information content (AvgIpc) is 2.68. The Labute approximate surface area is 156 Å². The maximum atomic E-state index is 11.6. The van der Waals surface area contributed by atoms with Crippen LogP contribution in [0.5, 0.6) is 0 Å². The summed E-state index contributed by atoms with van der Waals surface area (Å²) >= 11 is 0. The van der Waals surface area contributed by atoms with Crippen LogP contribution in [0.25, 0.3) is 0 Å². The van der Waals surface area contributed by atoms with Gasteiger partial charge in [-0.15, -0.1) is 0 Å². The Bertz CT molecular complexity index is 908. The van der Waals surface area contributed by atoms with Crippen LogP contribution in [0.3, 0.4) is 0 Å². The largest absolute Gasteiger partial charge is 0.331 e. The smallest absolute Gasteiger partial charge is 0.262 e. The van der Waals surface area contributed by atoms with Crippen LogP contribution in [0, 0.1) is 20.2 Å². The van der Waals surface area contributed by atoms with Crippen LogP contribution in [-0.2, 0) is 9.59 Å². The monoisotopic (exact) mass is 384 g/mol. The molecule has 0 aromatic heterocycles. The Kier molecular flexibility index (Phi) is 6.58. The van der Waals surface area contributed by atoms with E-state index in [1.54, 1.807) is 0 Å². The van der Waals surface area contributed by atoms with Gasteiger partial charge >= 0.3 is 11.8 Å². The van der Waals surface area contributed by atoms with E-state index in [1.807, 2.05) is 10.9 Å². The minimum absolute atomic E-state index is 0.150. The van der Waals surface area contributed by atoms with Gasteiger partial charge in [-0.25, -0.2) is 10.9 Å². The van der Waals surface area contributed by atoms with Crippen molar-refractivity contribution in [2.24, 2.45) is 10.2 Å². The minimum atomic E-state index is -1.13. The number of nitrogens with one attached hydrogen (secondary N) is 2. The minimum Gasteiger partial charge on any atom is -0.262 e. The van der Waals surface area contributed by atoms with Crippen molar-refractivity contribution >= 4 is 35.6 Å². The zero-order valence-corrected chi connectivity index (χ0v) is 14.0. The number of carbonyl (C=O) groups excluding carboxylic acids is 2. The molecule has 0 heterocycles. The van der Waals surface area contributed by atoms with Crippen molar-refractivity contribution in [1.29, 1.82) is 0 Å². The highest BCUT2D eigenvalue weighted by molar-refractivity contribution is 6.35. The molecule has 0 radical (unpaired) electrons. The molecule has 0 aliphatic rings. The van der Waals surface area contributed by atoms with Crippen molar-refractivity contribution < 1.29 is 19.4 Å². The molecular formula is C16H12N6O6. The van der Waals surface area contributed by atoms with Crippen molar-refractivity contribution in [3.05, 3.63) is 79.9 Å². The number of hydrazone groups is 2. The van der Waals surface area contributed by atoms with Gasteiger partial charge in [0.1, 0.15) is 0 Å². The lowest BCUT2D eigenvalue weighted by atomic mass is 10.2. The maximum Gasteiger partial charge on any atom is 0.331 e. The molecule has 0 spiro atoms. The summed E-state index contributed by atoms with van der Waals surface area (Å²) in [5, 5.41) is 28.4. The molecule has 2 aromatic rings. The number of amides is 2. The Morgan fingerprint density at radius 3 is 1.54 bits per heavy atom. The van der Waals surface area contributed by atoms with Gasteiger partial charge in [0.15, 0.2) is 0 Å². The zero-order valence-electron chi connectivity index (χ0n) is 14.0. The zero-order chi connectivity index (χ0) is 20.5. The number of rotatable bonds is 6. The van der Waals surface area contributed by atoms with E-state index < -0.39 is 21.7 Å². The number of benzene rings is 2. The van der Waals surface area contributed by atoms with Crippen molar-refractivity contribution in [2.45, 2.75) is 0 Å². The van der Waals surface area contributed by atoms with E-state index in [-0.39, 0.29) is 11.4 Å². The summed E-state index contributed by atoms with van der Waals surface area (Å²) in [6.45, 7) is 0. The first kappa shape index (κ1) is 19.8. The van der Waals surface area contributed by atoms with Crippen LogP contribution < -0.4 is 10.9 Å². The molecule has 0 fully saturated rings. The normalized spacial score (nSPS) is 10.7. The van der Waals surface area contributed by atoms with Gasteiger partial charge < -0.3 is 0 Å². The maximum absolute atomic E-state index is 11.6. The Morgan fingerprint density at radius 1 is 0.786 bits per heavy atom. The van der Waals surface area contributed by atoms with Gasteiger partial charge in [-0.05, 0) is 0 Å². The van der Waals surface area contributed by atoms with E-state index in [0.717, 1.165) is 12.4 Å². The van der Waals surface area contributed by atoms with Crippen LogP contribution in [0.4, 0.5) is 11.4 Å². The van der Waals surface area contributed by atoms with E-state index in [4.69, 9.17) is 0 Å². The Balaban J connectivity index is 1.88. The molecule has 2 N–H and O–H groups in total. The third kappa shape index (κ3) is 5.80. The number of hydrogen-bond acceptors (Lipinski definition) is 8. The molecular weight excluding hydrogens is 372 g/mol. The number of non-ortho nitro benzene ring substituents is 2. The summed E-state index contributed by atoms with van der Waals surface area (Å²) in [4.78, 5) is 43.4. The lowest BCUT2D eigenvalue weighted by molar-refractivity contribution is -0.385. The fourth-order valence-corrected chi connectivity index (χ4v) is 1.87. The molecule has 12 heteroatoms. The molecule has 2 rings (SSSR count). The predicted octanol–water partition coefficient (Wildman–Crippen LogP) is 1.10. The number of carbonyl (C=O) groups is 2. The van der Waals surface area contributed by atoms with Gasteiger partial charge in [-0.1, -0.05) is 24.3 Å². The van der Waals surface area contributed by atoms with E-state index in [9.17, 15) is 29.8 Å². The molecule has 12 nitrogen and oxygen atoms in total. The second-order valence-electron chi connectivity index (χ2n) is 5.10. The molecule has 0 saturated heterocycles. The molecule has 0 atom stereocenters. The van der Waals surface area contributed by atoms with E-state index >= 15 is 0 Å². The average molecular weight is 384 g/mol. The van der Waals surface area contributed by atoms with Crippen LogP contribution in [0.1, 0.15) is 11.1 Å². The highest BCUT2D eigenvalue weighted by Crippen LogP contribution is 2.12. The fraction of sp³-hybridized carbons (Fsp3) is 0. The highest BCUT2D eigenvalue weighted by atomic mass is 16.6. The van der Waals surface area contributed by atoms with E-state index in [1.165, 1.54) is 48.5 Å². The molecule has 2 aromatic carbocycles. The third-order valence-corrected chi connectivity index (χ3v) is 3.13. The second kappa shape index (κ2) is 9.28.